The largest absolute Gasteiger partial charge is 0.493 e. The van der Waals surface area contributed by atoms with Crippen molar-refractivity contribution in [1.29, 1.82) is 0 Å². The summed E-state index contributed by atoms with van der Waals surface area (Å²) in [5, 5.41) is 16.6. The van der Waals surface area contributed by atoms with Gasteiger partial charge in [0, 0.05) is 31.2 Å². The Kier molecular flexibility index (Phi) is 7.04. The molecular formula is C27H33N3O5. The van der Waals surface area contributed by atoms with Crippen LogP contribution in [0.3, 0.4) is 0 Å². The summed E-state index contributed by atoms with van der Waals surface area (Å²) in [6.45, 7) is 3.91. The maximum Gasteiger partial charge on any atom is 0.255 e. The van der Waals surface area contributed by atoms with Gasteiger partial charge in [-0.2, -0.15) is 0 Å². The first kappa shape index (κ1) is 23.8. The Balaban J connectivity index is 1.14. The molecule has 0 radical (unpaired) electrons. The van der Waals surface area contributed by atoms with E-state index in [4.69, 9.17) is 9.47 Å². The van der Waals surface area contributed by atoms with Crippen molar-refractivity contribution in [2.24, 2.45) is 0 Å². The lowest BCUT2D eigenvalue weighted by atomic mass is 10.1. The molecule has 35 heavy (non-hydrogen) atoms. The van der Waals surface area contributed by atoms with Crippen LogP contribution >= 0.6 is 0 Å². The number of carbonyl (C=O) groups is 2. The predicted octanol–water partition coefficient (Wildman–Crippen LogP) is 1.55. The van der Waals surface area contributed by atoms with Crippen LogP contribution in [0.15, 0.2) is 42.5 Å². The molecule has 3 atom stereocenters. The third-order valence-corrected chi connectivity index (χ3v) is 7.13. The standard InChI is InChI=1S/C27H33N3O5/c1-2-34-25-11-19(27(33)30-15-23-12-21(30)16-35-23)7-8-24(25)26(32)29-14-22(31)13-28-20-9-17-5-3-4-6-18(17)10-20/h3-8,11,20-23,28,31H,2,9-10,12-16H2,1H3,(H,29,32)/t21-,22?,23-/m1/s1. The molecule has 2 bridgehead atoms. The number of amides is 2. The van der Waals surface area contributed by atoms with Gasteiger partial charge in [-0.05, 0) is 55.5 Å². The fourth-order valence-electron chi connectivity index (χ4n) is 5.32. The summed E-state index contributed by atoms with van der Waals surface area (Å²) in [7, 11) is 0. The number of ether oxygens (including phenoxy) is 2. The number of hydrogen-bond acceptors (Lipinski definition) is 6. The quantitative estimate of drug-likeness (QED) is 0.505. The van der Waals surface area contributed by atoms with E-state index in [1.165, 1.54) is 11.1 Å². The van der Waals surface area contributed by atoms with Crippen LogP contribution in [-0.2, 0) is 17.6 Å². The van der Waals surface area contributed by atoms with E-state index in [2.05, 4.69) is 34.9 Å². The number of nitrogens with zero attached hydrogens (tertiary/aromatic N) is 1. The zero-order valence-corrected chi connectivity index (χ0v) is 20.0. The molecule has 0 aromatic heterocycles. The van der Waals surface area contributed by atoms with Crippen molar-refractivity contribution in [3.05, 3.63) is 64.7 Å². The van der Waals surface area contributed by atoms with Gasteiger partial charge in [-0.25, -0.2) is 0 Å². The second-order valence-electron chi connectivity index (χ2n) is 9.59. The topological polar surface area (TPSA) is 100 Å². The van der Waals surface area contributed by atoms with Gasteiger partial charge < -0.3 is 30.1 Å². The Morgan fingerprint density at radius 2 is 1.94 bits per heavy atom. The Bertz CT molecular complexity index is 1070. The highest BCUT2D eigenvalue weighted by Crippen LogP contribution is 2.30. The molecule has 2 amide bonds. The molecule has 1 aliphatic carbocycles. The van der Waals surface area contributed by atoms with Crippen LogP contribution in [0.25, 0.3) is 0 Å². The average Bonchev–Trinajstić information content (AvgIpc) is 3.61. The van der Waals surface area contributed by atoms with Crippen LogP contribution in [0.5, 0.6) is 5.75 Å². The molecule has 8 heteroatoms. The highest BCUT2D eigenvalue weighted by Gasteiger charge is 2.41. The Morgan fingerprint density at radius 3 is 2.60 bits per heavy atom. The number of hydrogen-bond donors (Lipinski definition) is 3. The third kappa shape index (κ3) is 5.19. The normalized spacial score (nSPS) is 21.7. The van der Waals surface area contributed by atoms with Crippen LogP contribution < -0.4 is 15.4 Å². The van der Waals surface area contributed by atoms with E-state index >= 15 is 0 Å². The lowest BCUT2D eigenvalue weighted by Crippen LogP contribution is -2.42. The second-order valence-corrected chi connectivity index (χ2v) is 9.59. The van der Waals surface area contributed by atoms with Gasteiger partial charge in [0.05, 0.1) is 37.0 Å². The van der Waals surface area contributed by atoms with Crippen LogP contribution in [0.1, 0.15) is 45.2 Å². The summed E-state index contributed by atoms with van der Waals surface area (Å²) in [4.78, 5) is 27.7. The van der Waals surface area contributed by atoms with Gasteiger partial charge in [-0.3, -0.25) is 9.59 Å². The second kappa shape index (κ2) is 10.4. The van der Waals surface area contributed by atoms with Crippen LogP contribution in [0.4, 0.5) is 0 Å². The number of fused-ring (bicyclic) bond motifs is 3. The first-order valence-corrected chi connectivity index (χ1v) is 12.5. The molecule has 3 aliphatic rings. The zero-order valence-electron chi connectivity index (χ0n) is 20.0. The van der Waals surface area contributed by atoms with Crippen LogP contribution in [0.2, 0.25) is 0 Å². The highest BCUT2D eigenvalue weighted by molar-refractivity contribution is 6.00. The van der Waals surface area contributed by atoms with Gasteiger partial charge in [-0.1, -0.05) is 24.3 Å². The van der Waals surface area contributed by atoms with Gasteiger partial charge >= 0.3 is 0 Å². The molecular weight excluding hydrogens is 446 g/mol. The maximum atomic E-state index is 13.0. The predicted molar refractivity (Wildman–Crippen MR) is 131 cm³/mol. The smallest absolute Gasteiger partial charge is 0.255 e. The maximum absolute atomic E-state index is 13.0. The molecule has 186 valence electrons. The third-order valence-electron chi connectivity index (χ3n) is 7.13. The summed E-state index contributed by atoms with van der Waals surface area (Å²) in [6.07, 6.45) is 2.19. The molecule has 2 aromatic rings. The van der Waals surface area contributed by atoms with Crippen LogP contribution in [-0.4, -0.2) is 79.0 Å². The molecule has 2 fully saturated rings. The first-order valence-electron chi connectivity index (χ1n) is 12.5. The Hall–Kier alpha value is -2.94. The van der Waals surface area contributed by atoms with E-state index < -0.39 is 6.10 Å². The summed E-state index contributed by atoms with van der Waals surface area (Å²) >= 11 is 0. The van der Waals surface area contributed by atoms with E-state index in [1.54, 1.807) is 18.2 Å². The molecule has 2 aromatic carbocycles. The molecule has 0 saturated carbocycles. The number of benzene rings is 2. The number of morpholine rings is 1. The minimum absolute atomic E-state index is 0.0655. The molecule has 1 unspecified atom stereocenters. The lowest BCUT2D eigenvalue weighted by Gasteiger charge is -2.27. The lowest BCUT2D eigenvalue weighted by molar-refractivity contribution is 0.0259. The number of rotatable bonds is 9. The van der Waals surface area contributed by atoms with E-state index in [0.717, 1.165) is 19.3 Å². The molecule has 5 rings (SSSR count). The molecule has 0 spiro atoms. The van der Waals surface area contributed by atoms with Gasteiger partial charge in [0.2, 0.25) is 0 Å². The summed E-state index contributed by atoms with van der Waals surface area (Å²) in [5.41, 5.74) is 3.55. The van der Waals surface area contributed by atoms with Gasteiger partial charge in [0.1, 0.15) is 5.75 Å². The van der Waals surface area contributed by atoms with Gasteiger partial charge in [-0.15, -0.1) is 0 Å². The summed E-state index contributed by atoms with van der Waals surface area (Å²) in [6, 6.07) is 13.7. The van der Waals surface area contributed by atoms with Crippen molar-refractivity contribution in [1.82, 2.24) is 15.5 Å². The molecule has 2 saturated heterocycles. The Morgan fingerprint density at radius 1 is 1.17 bits per heavy atom. The van der Waals surface area contributed by atoms with Crippen molar-refractivity contribution < 1.29 is 24.2 Å². The van der Waals surface area contributed by atoms with E-state index in [0.29, 0.717) is 49.2 Å². The minimum atomic E-state index is -0.716. The van der Waals surface area contributed by atoms with Gasteiger partial charge in [0.25, 0.3) is 11.8 Å². The number of likely N-dealkylation sites (tertiary alicyclic amines) is 1. The van der Waals surface area contributed by atoms with Crippen LogP contribution in [0, 0.1) is 0 Å². The first-order chi connectivity index (χ1) is 17.0. The molecule has 2 heterocycles. The SMILES string of the molecule is CCOc1cc(C(=O)N2C[C@H]3C[C@@H]2CO3)ccc1C(=O)NCC(O)CNC1Cc2ccccc2C1. The highest BCUT2D eigenvalue weighted by atomic mass is 16.5. The molecule has 8 nitrogen and oxygen atoms in total. The number of nitrogens with one attached hydrogen (secondary N) is 2. The Labute approximate surface area is 205 Å². The number of aliphatic hydroxyl groups is 1. The van der Waals surface area contributed by atoms with Crippen molar-refractivity contribution in [2.75, 3.05) is 32.8 Å². The van der Waals surface area contributed by atoms with Crippen molar-refractivity contribution in [3.8, 4) is 5.75 Å². The van der Waals surface area contributed by atoms with E-state index in [-0.39, 0.29) is 30.5 Å². The van der Waals surface area contributed by atoms with E-state index in [1.807, 2.05) is 11.8 Å². The minimum Gasteiger partial charge on any atom is -0.493 e. The zero-order chi connectivity index (χ0) is 24.4. The molecule has 3 N–H and O–H groups in total. The van der Waals surface area contributed by atoms with Gasteiger partial charge in [0.15, 0.2) is 0 Å². The molecule has 2 aliphatic heterocycles. The fraction of sp³-hybridized carbons (Fsp3) is 0.481. The summed E-state index contributed by atoms with van der Waals surface area (Å²) < 4.78 is 11.3. The summed E-state index contributed by atoms with van der Waals surface area (Å²) in [5.74, 6) is -0.0366. The van der Waals surface area contributed by atoms with Crippen molar-refractivity contribution >= 4 is 11.8 Å². The van der Waals surface area contributed by atoms with Crippen molar-refractivity contribution in [2.45, 2.75) is 50.5 Å². The number of carbonyl (C=O) groups excluding carboxylic acids is 2. The van der Waals surface area contributed by atoms with E-state index in [9.17, 15) is 14.7 Å². The van der Waals surface area contributed by atoms with Crippen molar-refractivity contribution in [3.63, 3.8) is 0 Å². The number of aliphatic hydroxyl groups excluding tert-OH is 1. The monoisotopic (exact) mass is 479 g/mol. The fourth-order valence-corrected chi connectivity index (χ4v) is 5.32. The average molecular weight is 480 g/mol.